The van der Waals surface area contributed by atoms with Gasteiger partial charge in [0.05, 0.1) is 10.9 Å². The van der Waals surface area contributed by atoms with Gasteiger partial charge in [-0.3, -0.25) is 19.4 Å². The number of hydrogen-bond acceptors (Lipinski definition) is 4. The SMILES string of the molecule is CCCCCCCNC(=O)c1cc2c(=O)n3ccccc3nc2n(CC)c1=N. The van der Waals surface area contributed by atoms with Crippen LogP contribution in [0.25, 0.3) is 16.7 Å². The lowest BCUT2D eigenvalue weighted by Crippen LogP contribution is -2.35. The molecule has 0 saturated heterocycles. The first kappa shape index (κ1) is 19.8. The molecule has 148 valence electrons. The van der Waals surface area contributed by atoms with Gasteiger partial charge in [-0.25, -0.2) is 4.98 Å². The molecule has 2 N–H and O–H groups in total. The molecular weight excluding hydrogens is 354 g/mol. The summed E-state index contributed by atoms with van der Waals surface area (Å²) in [6.45, 7) is 5.06. The number of aryl methyl sites for hydroxylation is 1. The van der Waals surface area contributed by atoms with Crippen molar-refractivity contribution in [2.75, 3.05) is 6.54 Å². The minimum absolute atomic E-state index is 0.0747. The van der Waals surface area contributed by atoms with Crippen LogP contribution in [-0.2, 0) is 6.54 Å². The zero-order chi connectivity index (χ0) is 20.1. The summed E-state index contributed by atoms with van der Waals surface area (Å²) in [5.74, 6) is -0.317. The van der Waals surface area contributed by atoms with E-state index in [0.29, 0.717) is 29.8 Å². The van der Waals surface area contributed by atoms with Crippen molar-refractivity contribution in [3.8, 4) is 0 Å². The maximum atomic E-state index is 12.9. The summed E-state index contributed by atoms with van der Waals surface area (Å²) >= 11 is 0. The lowest BCUT2D eigenvalue weighted by Gasteiger charge is -2.13. The Bertz CT molecular complexity index is 1110. The standard InChI is InChI=1S/C21H27N5O2/c1-3-5-6-7-9-12-23-20(27)15-14-16-19(25(4-2)18(15)22)24-17-11-8-10-13-26(17)21(16)28/h8,10-11,13-14,22H,3-7,9,12H2,1-2H3,(H,23,27). The molecule has 0 aliphatic rings. The molecule has 0 atom stereocenters. The van der Waals surface area contributed by atoms with E-state index in [9.17, 15) is 9.59 Å². The molecule has 3 aromatic rings. The lowest BCUT2D eigenvalue weighted by molar-refractivity contribution is 0.0950. The highest BCUT2D eigenvalue weighted by Crippen LogP contribution is 2.10. The van der Waals surface area contributed by atoms with Gasteiger partial charge in [0.25, 0.3) is 11.5 Å². The van der Waals surface area contributed by atoms with Gasteiger partial charge >= 0.3 is 0 Å². The molecule has 3 rings (SSSR count). The fraction of sp³-hybridized carbons (Fsp3) is 0.429. The molecule has 1 amide bonds. The first-order valence-corrected chi connectivity index (χ1v) is 9.96. The molecule has 0 spiro atoms. The quantitative estimate of drug-likeness (QED) is 0.464. The number of rotatable bonds is 8. The Labute approximate surface area is 163 Å². The van der Waals surface area contributed by atoms with Crippen LogP contribution in [-0.4, -0.2) is 26.4 Å². The summed E-state index contributed by atoms with van der Waals surface area (Å²) in [5, 5.41) is 11.7. The molecule has 0 radical (unpaired) electrons. The van der Waals surface area contributed by atoms with Crippen molar-refractivity contribution < 1.29 is 4.79 Å². The van der Waals surface area contributed by atoms with Gasteiger partial charge in [-0.15, -0.1) is 0 Å². The van der Waals surface area contributed by atoms with Gasteiger partial charge in [0.15, 0.2) is 0 Å². The van der Waals surface area contributed by atoms with Gasteiger partial charge in [-0.05, 0) is 31.5 Å². The third-order valence-electron chi connectivity index (χ3n) is 4.95. The number of carbonyl (C=O) groups is 1. The van der Waals surface area contributed by atoms with E-state index in [1.807, 2.05) is 13.0 Å². The van der Waals surface area contributed by atoms with E-state index in [0.717, 1.165) is 19.3 Å². The minimum atomic E-state index is -0.317. The van der Waals surface area contributed by atoms with Crippen LogP contribution in [0, 0.1) is 5.41 Å². The van der Waals surface area contributed by atoms with Crippen molar-refractivity contribution >= 4 is 22.6 Å². The predicted octanol–water partition coefficient (Wildman–Crippen LogP) is 2.85. The zero-order valence-electron chi connectivity index (χ0n) is 16.5. The van der Waals surface area contributed by atoms with E-state index < -0.39 is 0 Å². The van der Waals surface area contributed by atoms with Crippen molar-refractivity contribution in [3.05, 3.63) is 51.9 Å². The van der Waals surface area contributed by atoms with Gasteiger partial charge in [0.2, 0.25) is 0 Å². The van der Waals surface area contributed by atoms with Crippen LogP contribution in [0.4, 0.5) is 0 Å². The fourth-order valence-corrected chi connectivity index (χ4v) is 3.39. The van der Waals surface area contributed by atoms with E-state index in [4.69, 9.17) is 5.41 Å². The monoisotopic (exact) mass is 381 g/mol. The number of aromatic nitrogens is 3. The summed E-state index contributed by atoms with van der Waals surface area (Å²) in [7, 11) is 0. The molecule has 0 unspecified atom stereocenters. The number of hydrogen-bond donors (Lipinski definition) is 2. The summed E-state index contributed by atoms with van der Waals surface area (Å²) < 4.78 is 3.07. The van der Waals surface area contributed by atoms with Crippen LogP contribution in [0.15, 0.2) is 35.3 Å². The van der Waals surface area contributed by atoms with Crippen molar-refractivity contribution in [2.24, 2.45) is 0 Å². The normalized spacial score (nSPS) is 11.2. The largest absolute Gasteiger partial charge is 0.352 e. The van der Waals surface area contributed by atoms with Crippen molar-refractivity contribution in [2.45, 2.75) is 52.5 Å². The Morgan fingerprint density at radius 2 is 1.96 bits per heavy atom. The third-order valence-corrected chi connectivity index (χ3v) is 4.95. The number of pyridine rings is 2. The predicted molar refractivity (Wildman–Crippen MR) is 110 cm³/mol. The maximum absolute atomic E-state index is 12.9. The molecule has 0 saturated carbocycles. The van der Waals surface area contributed by atoms with Crippen LogP contribution in [0.1, 0.15) is 56.3 Å². The molecule has 0 fully saturated rings. The molecule has 0 aromatic carbocycles. The Morgan fingerprint density at radius 3 is 2.71 bits per heavy atom. The molecule has 0 bridgehead atoms. The average molecular weight is 381 g/mol. The van der Waals surface area contributed by atoms with Crippen LogP contribution < -0.4 is 16.4 Å². The van der Waals surface area contributed by atoms with Gasteiger partial charge in [0, 0.05) is 19.3 Å². The highest BCUT2D eigenvalue weighted by Gasteiger charge is 2.16. The maximum Gasteiger partial charge on any atom is 0.267 e. The van der Waals surface area contributed by atoms with E-state index in [1.54, 1.807) is 22.9 Å². The molecule has 7 heteroatoms. The van der Waals surface area contributed by atoms with Crippen LogP contribution in [0.3, 0.4) is 0 Å². The van der Waals surface area contributed by atoms with Crippen LogP contribution in [0.5, 0.6) is 0 Å². The Balaban J connectivity index is 1.97. The number of amides is 1. The number of nitrogens with one attached hydrogen (secondary N) is 2. The summed E-state index contributed by atoms with van der Waals surface area (Å²) in [4.78, 5) is 30.1. The summed E-state index contributed by atoms with van der Waals surface area (Å²) in [6.07, 6.45) is 7.20. The van der Waals surface area contributed by atoms with Crippen molar-refractivity contribution in [1.82, 2.24) is 19.3 Å². The lowest BCUT2D eigenvalue weighted by atomic mass is 10.1. The fourth-order valence-electron chi connectivity index (χ4n) is 3.39. The van der Waals surface area contributed by atoms with Gasteiger partial charge in [-0.2, -0.15) is 0 Å². The second-order valence-corrected chi connectivity index (χ2v) is 6.90. The number of carbonyl (C=O) groups excluding carboxylic acids is 1. The molecule has 0 aliphatic carbocycles. The first-order valence-electron chi connectivity index (χ1n) is 9.96. The number of fused-ring (bicyclic) bond motifs is 2. The summed E-state index contributed by atoms with van der Waals surface area (Å²) in [5.41, 5.74) is 0.991. The first-order chi connectivity index (χ1) is 13.6. The third kappa shape index (κ3) is 3.83. The van der Waals surface area contributed by atoms with E-state index >= 15 is 0 Å². The van der Waals surface area contributed by atoms with E-state index in [-0.39, 0.29) is 22.5 Å². The number of unbranched alkanes of at least 4 members (excludes halogenated alkanes) is 4. The van der Waals surface area contributed by atoms with Crippen LogP contribution in [0.2, 0.25) is 0 Å². The summed E-state index contributed by atoms with van der Waals surface area (Å²) in [6, 6.07) is 6.84. The smallest absolute Gasteiger partial charge is 0.267 e. The Hall–Kier alpha value is -2.96. The topological polar surface area (TPSA) is 92.2 Å². The Kier molecular flexibility index (Phi) is 6.23. The zero-order valence-corrected chi connectivity index (χ0v) is 16.5. The molecular formula is C21H27N5O2. The van der Waals surface area contributed by atoms with Gasteiger partial charge < -0.3 is 9.88 Å². The molecule has 3 heterocycles. The average Bonchev–Trinajstić information content (AvgIpc) is 2.70. The second-order valence-electron chi connectivity index (χ2n) is 6.90. The highest BCUT2D eigenvalue weighted by atomic mass is 16.1. The van der Waals surface area contributed by atoms with E-state index in [1.165, 1.54) is 23.3 Å². The molecule has 0 aliphatic heterocycles. The van der Waals surface area contributed by atoms with E-state index in [2.05, 4.69) is 17.2 Å². The Morgan fingerprint density at radius 1 is 1.18 bits per heavy atom. The second kappa shape index (κ2) is 8.82. The molecule has 3 aromatic heterocycles. The number of nitrogens with zero attached hydrogens (tertiary/aromatic N) is 3. The minimum Gasteiger partial charge on any atom is -0.352 e. The molecule has 28 heavy (non-hydrogen) atoms. The van der Waals surface area contributed by atoms with Crippen LogP contribution >= 0.6 is 0 Å². The van der Waals surface area contributed by atoms with Crippen molar-refractivity contribution in [3.63, 3.8) is 0 Å². The van der Waals surface area contributed by atoms with Gasteiger partial charge in [-0.1, -0.05) is 38.7 Å². The van der Waals surface area contributed by atoms with Crippen molar-refractivity contribution in [1.29, 1.82) is 5.41 Å². The highest BCUT2D eigenvalue weighted by molar-refractivity contribution is 5.96. The van der Waals surface area contributed by atoms with Gasteiger partial charge in [0.1, 0.15) is 16.8 Å². The molecule has 7 nitrogen and oxygen atoms in total.